The second-order valence-electron chi connectivity index (χ2n) is 4.38. The molecule has 0 spiro atoms. The van der Waals surface area contributed by atoms with Gasteiger partial charge in [-0.1, -0.05) is 0 Å². The third-order valence-corrected chi connectivity index (χ3v) is 2.87. The maximum Gasteiger partial charge on any atom is 0.317 e. The first-order valence-corrected chi connectivity index (χ1v) is 5.84. The van der Waals surface area contributed by atoms with E-state index in [0.717, 1.165) is 18.5 Å². The molecular weight excluding hydrogens is 220 g/mol. The lowest BCUT2D eigenvalue weighted by molar-refractivity contribution is 0.0841. The van der Waals surface area contributed by atoms with Crippen LogP contribution < -0.4 is 5.32 Å². The second kappa shape index (κ2) is 5.18. The predicted octanol–water partition coefficient (Wildman–Crippen LogP) is 0.0864. The molecule has 2 N–H and O–H groups in total. The number of carbonyl (C=O) groups excluding carboxylic acids is 1. The number of likely N-dealkylation sites (tertiary alicyclic amines) is 1. The molecule has 1 fully saturated rings. The van der Waals surface area contributed by atoms with E-state index in [2.05, 4.69) is 10.4 Å². The Hall–Kier alpha value is -1.56. The van der Waals surface area contributed by atoms with Gasteiger partial charge in [0.05, 0.1) is 18.3 Å². The highest BCUT2D eigenvalue weighted by molar-refractivity contribution is 5.74. The van der Waals surface area contributed by atoms with Gasteiger partial charge in [0.2, 0.25) is 0 Å². The highest BCUT2D eigenvalue weighted by Gasteiger charge is 2.21. The minimum atomic E-state index is -0.385. The number of β-amino-alcohol motifs (C(OH)–C–C–N with tert-alkyl or cyclic N) is 1. The standard InChI is InChI=1S/C11H18N4O2/c1-14-6-4-9(13-14)7-12-11(17)15-5-2-3-10(16)8-15/h4,6,10,16H,2-3,5,7-8H2,1H3,(H,12,17). The minimum Gasteiger partial charge on any atom is -0.391 e. The zero-order valence-electron chi connectivity index (χ0n) is 9.96. The average molecular weight is 238 g/mol. The molecule has 1 aromatic heterocycles. The molecule has 2 amide bonds. The third-order valence-electron chi connectivity index (χ3n) is 2.87. The number of amides is 2. The molecule has 1 aliphatic heterocycles. The number of rotatable bonds is 2. The van der Waals surface area contributed by atoms with Crippen molar-refractivity contribution in [1.29, 1.82) is 0 Å². The number of aliphatic hydroxyl groups excluding tert-OH is 1. The molecule has 17 heavy (non-hydrogen) atoms. The number of carbonyl (C=O) groups is 1. The number of aryl methyl sites for hydroxylation is 1. The Morgan fingerprint density at radius 3 is 3.18 bits per heavy atom. The third kappa shape index (κ3) is 3.20. The van der Waals surface area contributed by atoms with Crippen molar-refractivity contribution in [3.8, 4) is 0 Å². The van der Waals surface area contributed by atoms with Gasteiger partial charge in [-0.15, -0.1) is 0 Å². The van der Waals surface area contributed by atoms with E-state index in [1.165, 1.54) is 0 Å². The van der Waals surface area contributed by atoms with E-state index >= 15 is 0 Å². The van der Waals surface area contributed by atoms with Crippen LogP contribution in [0.15, 0.2) is 12.3 Å². The maximum atomic E-state index is 11.8. The topological polar surface area (TPSA) is 70.4 Å². The molecule has 6 nitrogen and oxygen atoms in total. The first-order chi connectivity index (χ1) is 8.15. The summed E-state index contributed by atoms with van der Waals surface area (Å²) >= 11 is 0. The number of nitrogens with zero attached hydrogens (tertiary/aromatic N) is 3. The van der Waals surface area contributed by atoms with Crippen molar-refractivity contribution < 1.29 is 9.90 Å². The Balaban J connectivity index is 1.80. The lowest BCUT2D eigenvalue weighted by Crippen LogP contribution is -2.46. The van der Waals surface area contributed by atoms with Crippen molar-refractivity contribution in [2.24, 2.45) is 7.05 Å². The zero-order chi connectivity index (χ0) is 12.3. The summed E-state index contributed by atoms with van der Waals surface area (Å²) in [5.41, 5.74) is 0.832. The summed E-state index contributed by atoms with van der Waals surface area (Å²) in [7, 11) is 1.84. The fourth-order valence-electron chi connectivity index (χ4n) is 1.97. The van der Waals surface area contributed by atoms with E-state index in [9.17, 15) is 9.90 Å². The molecule has 0 bridgehead atoms. The Kier molecular flexibility index (Phi) is 3.63. The van der Waals surface area contributed by atoms with E-state index in [4.69, 9.17) is 0 Å². The molecule has 94 valence electrons. The van der Waals surface area contributed by atoms with Crippen LogP contribution in [0.25, 0.3) is 0 Å². The highest BCUT2D eigenvalue weighted by Crippen LogP contribution is 2.09. The van der Waals surface area contributed by atoms with E-state index in [1.807, 2.05) is 19.3 Å². The molecule has 1 saturated heterocycles. The summed E-state index contributed by atoms with van der Waals surface area (Å²) in [6.07, 6.45) is 3.10. The summed E-state index contributed by atoms with van der Waals surface area (Å²) in [5, 5.41) is 16.5. The van der Waals surface area contributed by atoms with Crippen LogP contribution in [0, 0.1) is 0 Å². The van der Waals surface area contributed by atoms with Crippen LogP contribution in [0.5, 0.6) is 0 Å². The summed E-state index contributed by atoms with van der Waals surface area (Å²) in [6, 6.07) is 1.74. The summed E-state index contributed by atoms with van der Waals surface area (Å²) in [5.74, 6) is 0. The summed E-state index contributed by atoms with van der Waals surface area (Å²) < 4.78 is 1.70. The Morgan fingerprint density at radius 1 is 1.71 bits per heavy atom. The van der Waals surface area contributed by atoms with Crippen molar-refractivity contribution in [3.05, 3.63) is 18.0 Å². The lowest BCUT2D eigenvalue weighted by Gasteiger charge is -2.30. The fraction of sp³-hybridized carbons (Fsp3) is 0.636. The number of hydrogen-bond donors (Lipinski definition) is 2. The smallest absolute Gasteiger partial charge is 0.317 e. The van der Waals surface area contributed by atoms with Gasteiger partial charge >= 0.3 is 6.03 Å². The molecule has 2 rings (SSSR count). The largest absolute Gasteiger partial charge is 0.391 e. The Morgan fingerprint density at radius 2 is 2.53 bits per heavy atom. The van der Waals surface area contributed by atoms with Gasteiger partial charge < -0.3 is 15.3 Å². The molecule has 1 aliphatic rings. The summed E-state index contributed by atoms with van der Waals surface area (Å²) in [6.45, 7) is 1.56. The normalized spacial score (nSPS) is 20.4. The Labute approximate surface area is 100 Å². The van der Waals surface area contributed by atoms with Crippen LogP contribution in [0.1, 0.15) is 18.5 Å². The van der Waals surface area contributed by atoms with Gasteiger partial charge in [0.25, 0.3) is 0 Å². The van der Waals surface area contributed by atoms with Gasteiger partial charge in [0.1, 0.15) is 0 Å². The molecular formula is C11H18N4O2. The maximum absolute atomic E-state index is 11.8. The number of hydrogen-bond acceptors (Lipinski definition) is 3. The molecule has 1 atom stereocenters. The number of aliphatic hydroxyl groups is 1. The van der Waals surface area contributed by atoms with Gasteiger partial charge in [-0.25, -0.2) is 4.79 Å². The number of piperidine rings is 1. The van der Waals surface area contributed by atoms with Crippen LogP contribution in [0.4, 0.5) is 4.79 Å². The van der Waals surface area contributed by atoms with Crippen LogP contribution in [-0.4, -0.2) is 45.0 Å². The predicted molar refractivity (Wildman–Crippen MR) is 62.3 cm³/mol. The number of urea groups is 1. The van der Waals surface area contributed by atoms with Gasteiger partial charge in [-0.3, -0.25) is 4.68 Å². The van der Waals surface area contributed by atoms with Gasteiger partial charge in [0, 0.05) is 26.3 Å². The van der Waals surface area contributed by atoms with E-state index in [0.29, 0.717) is 19.6 Å². The van der Waals surface area contributed by atoms with E-state index in [1.54, 1.807) is 9.58 Å². The fourth-order valence-corrected chi connectivity index (χ4v) is 1.97. The quantitative estimate of drug-likeness (QED) is 0.767. The first-order valence-electron chi connectivity index (χ1n) is 5.84. The highest BCUT2D eigenvalue weighted by atomic mass is 16.3. The average Bonchev–Trinajstić information content (AvgIpc) is 2.72. The molecule has 1 unspecified atom stereocenters. The SMILES string of the molecule is Cn1ccc(CNC(=O)N2CCCC(O)C2)n1. The van der Waals surface area contributed by atoms with Crippen LogP contribution in [0.3, 0.4) is 0 Å². The molecule has 1 aromatic rings. The van der Waals surface area contributed by atoms with Crippen molar-refractivity contribution in [1.82, 2.24) is 20.0 Å². The number of aromatic nitrogens is 2. The van der Waals surface area contributed by atoms with E-state index in [-0.39, 0.29) is 12.1 Å². The molecule has 0 aliphatic carbocycles. The monoisotopic (exact) mass is 238 g/mol. The summed E-state index contributed by atoms with van der Waals surface area (Å²) in [4.78, 5) is 13.4. The Bertz CT molecular complexity index is 391. The molecule has 0 aromatic carbocycles. The van der Waals surface area contributed by atoms with Crippen molar-refractivity contribution in [3.63, 3.8) is 0 Å². The van der Waals surface area contributed by atoms with Gasteiger partial charge in [0.15, 0.2) is 0 Å². The number of nitrogens with one attached hydrogen (secondary N) is 1. The lowest BCUT2D eigenvalue weighted by atomic mass is 10.1. The molecule has 2 heterocycles. The van der Waals surface area contributed by atoms with E-state index < -0.39 is 0 Å². The van der Waals surface area contributed by atoms with Crippen LogP contribution in [0.2, 0.25) is 0 Å². The van der Waals surface area contributed by atoms with Crippen molar-refractivity contribution in [2.45, 2.75) is 25.5 Å². The van der Waals surface area contributed by atoms with Crippen molar-refractivity contribution in [2.75, 3.05) is 13.1 Å². The van der Waals surface area contributed by atoms with Crippen molar-refractivity contribution >= 4 is 6.03 Å². The first kappa shape index (κ1) is 11.9. The zero-order valence-corrected chi connectivity index (χ0v) is 9.96. The second-order valence-corrected chi connectivity index (χ2v) is 4.38. The molecule has 0 radical (unpaired) electrons. The minimum absolute atomic E-state index is 0.130. The molecule has 0 saturated carbocycles. The van der Waals surface area contributed by atoms with Gasteiger partial charge in [-0.2, -0.15) is 5.10 Å². The molecule has 6 heteroatoms. The van der Waals surface area contributed by atoms with Crippen LogP contribution >= 0.6 is 0 Å². The van der Waals surface area contributed by atoms with Crippen LogP contribution in [-0.2, 0) is 13.6 Å². The van der Waals surface area contributed by atoms with Gasteiger partial charge in [-0.05, 0) is 18.9 Å².